The summed E-state index contributed by atoms with van der Waals surface area (Å²) >= 11 is 9.23. The second-order valence-electron chi connectivity index (χ2n) is 2.38. The molecule has 0 aliphatic rings. The number of rotatable bonds is 2. The van der Waals surface area contributed by atoms with E-state index in [1.807, 2.05) is 6.07 Å². The van der Waals surface area contributed by atoms with Gasteiger partial charge in [0.05, 0.1) is 18.7 Å². The SMILES string of the molecule is COc1cc(C#N)cc(Cl)c1CBr. The topological polar surface area (TPSA) is 33.0 Å². The minimum atomic E-state index is 0.506. The first-order chi connectivity index (χ1) is 6.22. The number of nitriles is 1. The predicted octanol–water partition coefficient (Wildman–Crippen LogP) is 3.12. The summed E-state index contributed by atoms with van der Waals surface area (Å²) in [6.07, 6.45) is 0. The van der Waals surface area contributed by atoms with Crippen molar-refractivity contribution in [3.05, 3.63) is 28.3 Å². The van der Waals surface area contributed by atoms with E-state index in [1.54, 1.807) is 19.2 Å². The number of halogens is 2. The molecular weight excluding hydrogens is 253 g/mol. The molecular formula is C9H7BrClNO. The summed E-state index contributed by atoms with van der Waals surface area (Å²) in [5, 5.41) is 9.83. The summed E-state index contributed by atoms with van der Waals surface area (Å²) < 4.78 is 5.09. The van der Waals surface area contributed by atoms with Gasteiger partial charge in [0.2, 0.25) is 0 Å². The Bertz CT molecular complexity index is 359. The number of nitrogens with zero attached hydrogens (tertiary/aromatic N) is 1. The van der Waals surface area contributed by atoms with E-state index in [0.29, 0.717) is 21.7 Å². The van der Waals surface area contributed by atoms with Gasteiger partial charge in [-0.2, -0.15) is 5.26 Å². The van der Waals surface area contributed by atoms with Crippen molar-refractivity contribution in [1.82, 2.24) is 0 Å². The largest absolute Gasteiger partial charge is 0.496 e. The van der Waals surface area contributed by atoms with Crippen molar-refractivity contribution >= 4 is 27.5 Å². The first kappa shape index (κ1) is 10.4. The van der Waals surface area contributed by atoms with E-state index in [4.69, 9.17) is 21.6 Å². The summed E-state index contributed by atoms with van der Waals surface area (Å²) in [5.41, 5.74) is 1.37. The van der Waals surface area contributed by atoms with E-state index in [1.165, 1.54) is 0 Å². The molecule has 0 spiro atoms. The molecule has 0 amide bonds. The molecule has 1 rings (SSSR count). The van der Waals surface area contributed by atoms with E-state index < -0.39 is 0 Å². The Kier molecular flexibility index (Phi) is 3.58. The number of alkyl halides is 1. The molecule has 0 radical (unpaired) electrons. The van der Waals surface area contributed by atoms with Gasteiger partial charge in [-0.25, -0.2) is 0 Å². The van der Waals surface area contributed by atoms with Gasteiger partial charge in [0, 0.05) is 15.9 Å². The van der Waals surface area contributed by atoms with Crippen molar-refractivity contribution in [2.75, 3.05) is 7.11 Å². The minimum absolute atomic E-state index is 0.506. The molecule has 1 aromatic carbocycles. The quantitative estimate of drug-likeness (QED) is 0.766. The van der Waals surface area contributed by atoms with Crippen LogP contribution < -0.4 is 4.74 Å². The Balaban J connectivity index is 3.31. The lowest BCUT2D eigenvalue weighted by molar-refractivity contribution is 0.411. The van der Waals surface area contributed by atoms with Crippen LogP contribution in [-0.4, -0.2) is 7.11 Å². The Morgan fingerprint density at radius 2 is 2.31 bits per heavy atom. The number of methoxy groups -OCH3 is 1. The van der Waals surface area contributed by atoms with Crippen LogP contribution in [0, 0.1) is 11.3 Å². The molecule has 1 aromatic rings. The van der Waals surface area contributed by atoms with E-state index in [0.717, 1.165) is 5.56 Å². The predicted molar refractivity (Wildman–Crippen MR) is 55.4 cm³/mol. The van der Waals surface area contributed by atoms with Gasteiger partial charge in [-0.3, -0.25) is 0 Å². The monoisotopic (exact) mass is 259 g/mol. The molecule has 4 heteroatoms. The molecule has 0 heterocycles. The molecule has 0 saturated carbocycles. The van der Waals surface area contributed by atoms with Crippen LogP contribution in [0.25, 0.3) is 0 Å². The van der Waals surface area contributed by atoms with Gasteiger partial charge in [-0.15, -0.1) is 0 Å². The standard InChI is InChI=1S/C9H7BrClNO/c1-13-9-3-6(5-12)2-8(11)7(9)4-10/h2-3H,4H2,1H3. The van der Waals surface area contributed by atoms with Crippen molar-refractivity contribution in [3.8, 4) is 11.8 Å². The summed E-state index contributed by atoms with van der Waals surface area (Å²) in [4.78, 5) is 0. The van der Waals surface area contributed by atoms with Gasteiger partial charge in [0.25, 0.3) is 0 Å². The molecule has 0 aliphatic carbocycles. The second-order valence-corrected chi connectivity index (χ2v) is 3.35. The third kappa shape index (κ3) is 2.15. The summed E-state index contributed by atoms with van der Waals surface area (Å²) in [5.74, 6) is 0.640. The van der Waals surface area contributed by atoms with Crippen LogP contribution in [0.3, 0.4) is 0 Å². The molecule has 0 saturated heterocycles. The smallest absolute Gasteiger partial charge is 0.125 e. The van der Waals surface area contributed by atoms with Crippen LogP contribution in [0.5, 0.6) is 5.75 Å². The fourth-order valence-electron chi connectivity index (χ4n) is 0.988. The van der Waals surface area contributed by atoms with Crippen LogP contribution in [0.2, 0.25) is 5.02 Å². The number of hydrogen-bond donors (Lipinski definition) is 0. The lowest BCUT2D eigenvalue weighted by Gasteiger charge is -2.07. The summed E-state index contributed by atoms with van der Waals surface area (Å²) in [6.45, 7) is 0. The number of ether oxygens (including phenoxy) is 1. The molecule has 0 fully saturated rings. The summed E-state index contributed by atoms with van der Waals surface area (Å²) in [7, 11) is 1.55. The molecule has 13 heavy (non-hydrogen) atoms. The van der Waals surface area contributed by atoms with Crippen LogP contribution in [-0.2, 0) is 5.33 Å². The van der Waals surface area contributed by atoms with Gasteiger partial charge >= 0.3 is 0 Å². The minimum Gasteiger partial charge on any atom is -0.496 e. The van der Waals surface area contributed by atoms with E-state index >= 15 is 0 Å². The van der Waals surface area contributed by atoms with E-state index in [-0.39, 0.29) is 0 Å². The number of hydrogen-bond acceptors (Lipinski definition) is 2. The van der Waals surface area contributed by atoms with Crippen molar-refractivity contribution in [2.24, 2.45) is 0 Å². The lowest BCUT2D eigenvalue weighted by atomic mass is 10.1. The highest BCUT2D eigenvalue weighted by Crippen LogP contribution is 2.30. The van der Waals surface area contributed by atoms with Crippen molar-refractivity contribution in [3.63, 3.8) is 0 Å². The van der Waals surface area contributed by atoms with E-state index in [2.05, 4.69) is 15.9 Å². The lowest BCUT2D eigenvalue weighted by Crippen LogP contribution is -1.91. The normalized spacial score (nSPS) is 9.38. The zero-order chi connectivity index (χ0) is 9.84. The molecule has 0 aromatic heterocycles. The highest BCUT2D eigenvalue weighted by atomic mass is 79.9. The van der Waals surface area contributed by atoms with Crippen molar-refractivity contribution < 1.29 is 4.74 Å². The van der Waals surface area contributed by atoms with Crippen molar-refractivity contribution in [2.45, 2.75) is 5.33 Å². The van der Waals surface area contributed by atoms with Crippen LogP contribution in [0.4, 0.5) is 0 Å². The Hall–Kier alpha value is -0.720. The van der Waals surface area contributed by atoms with Gasteiger partial charge in [0.1, 0.15) is 5.75 Å². The zero-order valence-corrected chi connectivity index (χ0v) is 9.32. The average Bonchev–Trinajstić information content (AvgIpc) is 2.16. The molecule has 0 atom stereocenters. The maximum atomic E-state index is 8.67. The van der Waals surface area contributed by atoms with Gasteiger partial charge in [0.15, 0.2) is 0 Å². The molecule has 0 unspecified atom stereocenters. The fourth-order valence-corrected chi connectivity index (χ4v) is 2.01. The zero-order valence-electron chi connectivity index (χ0n) is 6.97. The molecule has 68 valence electrons. The maximum Gasteiger partial charge on any atom is 0.125 e. The first-order valence-corrected chi connectivity index (χ1v) is 5.05. The van der Waals surface area contributed by atoms with Crippen LogP contribution in [0.1, 0.15) is 11.1 Å². The fraction of sp³-hybridized carbons (Fsp3) is 0.222. The first-order valence-electron chi connectivity index (χ1n) is 3.55. The number of benzene rings is 1. The van der Waals surface area contributed by atoms with Crippen LogP contribution >= 0.6 is 27.5 Å². The second kappa shape index (κ2) is 4.50. The van der Waals surface area contributed by atoms with Gasteiger partial charge < -0.3 is 4.74 Å². The molecule has 2 nitrogen and oxygen atoms in total. The van der Waals surface area contributed by atoms with Crippen molar-refractivity contribution in [1.29, 1.82) is 5.26 Å². The maximum absolute atomic E-state index is 8.67. The third-order valence-corrected chi connectivity index (χ3v) is 2.54. The third-order valence-electron chi connectivity index (χ3n) is 1.64. The Labute approximate surface area is 90.2 Å². The van der Waals surface area contributed by atoms with Crippen LogP contribution in [0.15, 0.2) is 12.1 Å². The highest BCUT2D eigenvalue weighted by molar-refractivity contribution is 9.08. The average molecular weight is 261 g/mol. The van der Waals surface area contributed by atoms with E-state index in [9.17, 15) is 0 Å². The summed E-state index contributed by atoms with van der Waals surface area (Å²) in [6, 6.07) is 5.31. The highest BCUT2D eigenvalue weighted by Gasteiger charge is 2.08. The Morgan fingerprint density at radius 1 is 1.62 bits per heavy atom. The molecule has 0 aliphatic heterocycles. The van der Waals surface area contributed by atoms with Gasteiger partial charge in [-0.05, 0) is 12.1 Å². The Morgan fingerprint density at radius 3 is 2.77 bits per heavy atom. The molecule has 0 N–H and O–H groups in total. The van der Waals surface area contributed by atoms with Gasteiger partial charge in [-0.1, -0.05) is 27.5 Å². The molecule has 0 bridgehead atoms.